The molecule has 0 fully saturated rings. The SMILES string of the molecule is N#CC1(C#N)CC=C(c2ccccc2)C1O. The van der Waals surface area contributed by atoms with Crippen molar-refractivity contribution < 1.29 is 5.11 Å². The third kappa shape index (κ3) is 1.39. The average molecular weight is 210 g/mol. The van der Waals surface area contributed by atoms with Gasteiger partial charge in [0.05, 0.1) is 12.1 Å². The van der Waals surface area contributed by atoms with Gasteiger partial charge >= 0.3 is 0 Å². The Bertz CT molecular complexity index is 491. The number of hydrogen-bond donors (Lipinski definition) is 1. The summed E-state index contributed by atoms with van der Waals surface area (Å²) in [6, 6.07) is 13.2. The number of benzene rings is 1. The maximum Gasteiger partial charge on any atom is 0.176 e. The van der Waals surface area contributed by atoms with Gasteiger partial charge in [0.25, 0.3) is 0 Å². The van der Waals surface area contributed by atoms with Crippen LogP contribution in [0.3, 0.4) is 0 Å². The summed E-state index contributed by atoms with van der Waals surface area (Å²) < 4.78 is 0. The largest absolute Gasteiger partial charge is 0.386 e. The summed E-state index contributed by atoms with van der Waals surface area (Å²) in [5.74, 6) is 0. The van der Waals surface area contributed by atoms with E-state index in [0.29, 0.717) is 5.57 Å². The molecule has 1 N–H and O–H groups in total. The summed E-state index contributed by atoms with van der Waals surface area (Å²) in [4.78, 5) is 0. The minimum absolute atomic E-state index is 0.283. The summed E-state index contributed by atoms with van der Waals surface area (Å²) in [6.45, 7) is 0. The molecule has 0 bridgehead atoms. The lowest BCUT2D eigenvalue weighted by atomic mass is 9.84. The third-order valence-corrected chi connectivity index (χ3v) is 2.91. The highest BCUT2D eigenvalue weighted by Crippen LogP contribution is 2.41. The Morgan fingerprint density at radius 1 is 1.19 bits per heavy atom. The van der Waals surface area contributed by atoms with Crippen LogP contribution in [0.5, 0.6) is 0 Å². The summed E-state index contributed by atoms with van der Waals surface area (Å²) in [6.07, 6.45) is 1.03. The Hall–Kier alpha value is -2.10. The number of nitriles is 2. The summed E-state index contributed by atoms with van der Waals surface area (Å²) in [5.41, 5.74) is 0.219. The zero-order valence-electron chi connectivity index (χ0n) is 8.59. The highest BCUT2D eigenvalue weighted by molar-refractivity contribution is 5.73. The molecule has 16 heavy (non-hydrogen) atoms. The first-order valence-electron chi connectivity index (χ1n) is 4.99. The topological polar surface area (TPSA) is 67.8 Å². The molecule has 0 aliphatic heterocycles. The van der Waals surface area contributed by atoms with E-state index < -0.39 is 11.5 Å². The molecule has 0 spiro atoms. The quantitative estimate of drug-likeness (QED) is 0.769. The van der Waals surface area contributed by atoms with Crippen LogP contribution in [0.4, 0.5) is 0 Å². The highest BCUT2D eigenvalue weighted by Gasteiger charge is 2.44. The van der Waals surface area contributed by atoms with Gasteiger partial charge in [0.15, 0.2) is 5.41 Å². The van der Waals surface area contributed by atoms with Gasteiger partial charge in [-0.25, -0.2) is 0 Å². The first-order valence-corrected chi connectivity index (χ1v) is 4.99. The number of rotatable bonds is 1. The molecule has 1 aliphatic rings. The lowest BCUT2D eigenvalue weighted by molar-refractivity contribution is 0.163. The number of allylic oxidation sites excluding steroid dienone is 1. The molecule has 3 heteroatoms. The predicted octanol–water partition coefficient (Wildman–Crippen LogP) is 1.87. The zero-order valence-corrected chi connectivity index (χ0v) is 8.59. The van der Waals surface area contributed by atoms with Gasteiger partial charge in [0.1, 0.15) is 6.10 Å². The first kappa shape index (κ1) is 10.4. The van der Waals surface area contributed by atoms with Gasteiger partial charge < -0.3 is 5.11 Å². The zero-order chi connectivity index (χ0) is 11.6. The second-order valence-corrected chi connectivity index (χ2v) is 3.83. The smallest absolute Gasteiger partial charge is 0.176 e. The summed E-state index contributed by atoms with van der Waals surface area (Å²) in [5, 5.41) is 28.0. The molecule has 1 aromatic carbocycles. The number of aliphatic hydroxyl groups excluding tert-OH is 1. The van der Waals surface area contributed by atoms with E-state index in [9.17, 15) is 5.11 Å². The number of hydrogen-bond acceptors (Lipinski definition) is 3. The van der Waals surface area contributed by atoms with Crippen molar-refractivity contribution >= 4 is 5.57 Å². The molecule has 3 nitrogen and oxygen atoms in total. The van der Waals surface area contributed by atoms with Crippen molar-refractivity contribution in [3.8, 4) is 12.1 Å². The van der Waals surface area contributed by atoms with E-state index in [2.05, 4.69) is 0 Å². The fraction of sp³-hybridized carbons (Fsp3) is 0.231. The first-order chi connectivity index (χ1) is 7.73. The van der Waals surface area contributed by atoms with Crippen LogP contribution in [0.1, 0.15) is 12.0 Å². The summed E-state index contributed by atoms with van der Waals surface area (Å²) >= 11 is 0. The van der Waals surface area contributed by atoms with Crippen LogP contribution in [0.15, 0.2) is 36.4 Å². The van der Waals surface area contributed by atoms with Gasteiger partial charge in [-0.1, -0.05) is 36.4 Å². The molecular weight excluding hydrogens is 200 g/mol. The van der Waals surface area contributed by atoms with E-state index in [1.165, 1.54) is 0 Å². The molecule has 0 radical (unpaired) electrons. The molecule has 1 unspecified atom stereocenters. The van der Waals surface area contributed by atoms with Crippen LogP contribution in [-0.4, -0.2) is 11.2 Å². The van der Waals surface area contributed by atoms with Crippen molar-refractivity contribution in [3.05, 3.63) is 42.0 Å². The molecule has 2 rings (SSSR count). The molecule has 1 atom stereocenters. The molecule has 78 valence electrons. The highest BCUT2D eigenvalue weighted by atomic mass is 16.3. The number of aliphatic hydroxyl groups is 1. The second kappa shape index (κ2) is 3.81. The maximum absolute atomic E-state index is 10.0. The molecule has 0 heterocycles. The van der Waals surface area contributed by atoms with E-state index in [-0.39, 0.29) is 6.42 Å². The van der Waals surface area contributed by atoms with Gasteiger partial charge in [-0.2, -0.15) is 10.5 Å². The van der Waals surface area contributed by atoms with Gasteiger partial charge in [-0.15, -0.1) is 0 Å². The van der Waals surface area contributed by atoms with Crippen LogP contribution in [0, 0.1) is 28.1 Å². The Labute approximate surface area is 93.9 Å². The standard InChI is InChI=1S/C13H10N2O/c14-8-13(9-15)7-6-11(12(13)16)10-4-2-1-3-5-10/h1-6,12,16H,7H2. The molecule has 1 aliphatic carbocycles. The minimum atomic E-state index is -1.31. The maximum atomic E-state index is 10.0. The normalized spacial score (nSPS) is 21.9. The van der Waals surface area contributed by atoms with E-state index in [0.717, 1.165) is 5.56 Å². The minimum Gasteiger partial charge on any atom is -0.386 e. The van der Waals surface area contributed by atoms with E-state index in [4.69, 9.17) is 10.5 Å². The van der Waals surface area contributed by atoms with Crippen molar-refractivity contribution in [1.82, 2.24) is 0 Å². The predicted molar refractivity (Wildman–Crippen MR) is 58.7 cm³/mol. The Balaban J connectivity index is 2.37. The summed E-state index contributed by atoms with van der Waals surface area (Å²) in [7, 11) is 0. The van der Waals surface area contributed by atoms with E-state index >= 15 is 0 Å². The van der Waals surface area contributed by atoms with Crippen LogP contribution in [0.25, 0.3) is 5.57 Å². The van der Waals surface area contributed by atoms with Gasteiger partial charge in [0, 0.05) is 6.42 Å². The molecule has 0 aromatic heterocycles. The average Bonchev–Trinajstić information content (AvgIpc) is 2.68. The third-order valence-electron chi connectivity index (χ3n) is 2.91. The van der Waals surface area contributed by atoms with Crippen LogP contribution < -0.4 is 0 Å². The van der Waals surface area contributed by atoms with E-state index in [1.54, 1.807) is 6.08 Å². The van der Waals surface area contributed by atoms with Crippen molar-refractivity contribution in [2.45, 2.75) is 12.5 Å². The molecule has 1 aromatic rings. The van der Waals surface area contributed by atoms with E-state index in [1.807, 2.05) is 42.5 Å². The fourth-order valence-electron chi connectivity index (χ4n) is 1.90. The molecule has 0 saturated heterocycles. The number of nitrogens with zero attached hydrogens (tertiary/aromatic N) is 2. The van der Waals surface area contributed by atoms with Crippen molar-refractivity contribution in [2.75, 3.05) is 0 Å². The Kier molecular flexibility index (Phi) is 2.48. The lowest BCUT2D eigenvalue weighted by Crippen LogP contribution is -2.28. The molecular formula is C13H10N2O. The van der Waals surface area contributed by atoms with Crippen LogP contribution in [0.2, 0.25) is 0 Å². The van der Waals surface area contributed by atoms with Crippen LogP contribution in [-0.2, 0) is 0 Å². The molecule has 0 saturated carbocycles. The monoisotopic (exact) mass is 210 g/mol. The lowest BCUT2D eigenvalue weighted by Gasteiger charge is -2.18. The van der Waals surface area contributed by atoms with Crippen molar-refractivity contribution in [1.29, 1.82) is 10.5 Å². The van der Waals surface area contributed by atoms with Gasteiger partial charge in [-0.3, -0.25) is 0 Å². The van der Waals surface area contributed by atoms with Crippen molar-refractivity contribution in [2.24, 2.45) is 5.41 Å². The Morgan fingerprint density at radius 2 is 1.81 bits per heavy atom. The van der Waals surface area contributed by atoms with Crippen LogP contribution >= 0.6 is 0 Å². The molecule has 0 amide bonds. The second-order valence-electron chi connectivity index (χ2n) is 3.83. The van der Waals surface area contributed by atoms with Crippen molar-refractivity contribution in [3.63, 3.8) is 0 Å². The van der Waals surface area contributed by atoms with Gasteiger partial charge in [-0.05, 0) is 11.1 Å². The Morgan fingerprint density at radius 3 is 2.31 bits per heavy atom. The van der Waals surface area contributed by atoms with Gasteiger partial charge in [0.2, 0.25) is 0 Å². The fourth-order valence-corrected chi connectivity index (χ4v) is 1.90.